The molecule has 0 heterocycles. The van der Waals surface area contributed by atoms with E-state index < -0.39 is 11.8 Å². The zero-order valence-corrected chi connectivity index (χ0v) is 14.4. The van der Waals surface area contributed by atoms with E-state index in [-0.39, 0.29) is 0 Å². The largest absolute Gasteiger partial charge is 0.378 e. The Bertz CT molecular complexity index is 725. The van der Waals surface area contributed by atoms with Gasteiger partial charge >= 0.3 is 11.8 Å². The zero-order chi connectivity index (χ0) is 18.1. The maximum atomic E-state index is 11.7. The van der Waals surface area contributed by atoms with Crippen LogP contribution in [0.2, 0.25) is 0 Å². The van der Waals surface area contributed by atoms with E-state index in [2.05, 4.69) is 15.8 Å². The molecule has 6 nitrogen and oxygen atoms in total. The first-order valence-corrected chi connectivity index (χ1v) is 7.99. The van der Waals surface area contributed by atoms with E-state index in [0.29, 0.717) is 13.0 Å². The number of carbonyl (C=O) groups is 2. The summed E-state index contributed by atoms with van der Waals surface area (Å²) in [7, 11) is 3.92. The quantitative estimate of drug-likeness (QED) is 0.477. The SMILES string of the molecule is CN(C)c1ccc(/C=N\NC(=O)C(=O)NCCc2ccccc2)cc1. The van der Waals surface area contributed by atoms with Crippen LogP contribution in [0.1, 0.15) is 11.1 Å². The summed E-state index contributed by atoms with van der Waals surface area (Å²) in [4.78, 5) is 25.4. The molecule has 2 aromatic carbocycles. The second-order valence-corrected chi connectivity index (χ2v) is 5.68. The number of anilines is 1. The fourth-order valence-corrected chi connectivity index (χ4v) is 2.12. The molecule has 0 spiro atoms. The highest BCUT2D eigenvalue weighted by atomic mass is 16.2. The van der Waals surface area contributed by atoms with Crippen molar-refractivity contribution in [3.8, 4) is 0 Å². The highest BCUT2D eigenvalue weighted by Gasteiger charge is 2.11. The molecule has 0 aliphatic rings. The molecule has 0 bridgehead atoms. The van der Waals surface area contributed by atoms with Crippen LogP contribution in [0.3, 0.4) is 0 Å². The Hall–Kier alpha value is -3.15. The molecule has 0 saturated heterocycles. The number of nitrogens with zero attached hydrogens (tertiary/aromatic N) is 2. The standard InChI is InChI=1S/C19H22N4O2/c1-23(2)17-10-8-16(9-11-17)14-21-22-19(25)18(24)20-13-12-15-6-4-3-5-7-15/h3-11,14H,12-13H2,1-2H3,(H,20,24)(H,22,25)/b21-14-. The molecule has 6 heteroatoms. The van der Waals surface area contributed by atoms with Gasteiger partial charge in [0.15, 0.2) is 0 Å². The summed E-state index contributed by atoms with van der Waals surface area (Å²) in [6.07, 6.45) is 2.16. The molecule has 0 atom stereocenters. The highest BCUT2D eigenvalue weighted by molar-refractivity contribution is 6.35. The van der Waals surface area contributed by atoms with Gasteiger partial charge in [-0.1, -0.05) is 42.5 Å². The van der Waals surface area contributed by atoms with E-state index >= 15 is 0 Å². The van der Waals surface area contributed by atoms with Crippen LogP contribution >= 0.6 is 0 Å². The number of hydrazone groups is 1. The van der Waals surface area contributed by atoms with Crippen molar-refractivity contribution >= 4 is 23.7 Å². The van der Waals surface area contributed by atoms with E-state index in [1.165, 1.54) is 6.21 Å². The molecule has 0 unspecified atom stereocenters. The van der Waals surface area contributed by atoms with Crippen LogP contribution in [0.4, 0.5) is 5.69 Å². The third kappa shape index (κ3) is 6.10. The van der Waals surface area contributed by atoms with Crippen LogP contribution < -0.4 is 15.6 Å². The summed E-state index contributed by atoms with van der Waals surface area (Å²) in [6.45, 7) is 0.395. The summed E-state index contributed by atoms with van der Waals surface area (Å²) >= 11 is 0. The number of amides is 2. The lowest BCUT2D eigenvalue weighted by atomic mass is 10.1. The van der Waals surface area contributed by atoms with E-state index in [4.69, 9.17) is 0 Å². The normalized spacial score (nSPS) is 10.5. The molecule has 2 amide bonds. The van der Waals surface area contributed by atoms with E-state index in [0.717, 1.165) is 16.8 Å². The van der Waals surface area contributed by atoms with Gasteiger partial charge in [-0.25, -0.2) is 5.43 Å². The minimum absolute atomic E-state index is 0.395. The molecule has 0 saturated carbocycles. The number of nitrogens with one attached hydrogen (secondary N) is 2. The van der Waals surface area contributed by atoms with Gasteiger partial charge in [-0.15, -0.1) is 0 Å². The number of rotatable bonds is 6. The monoisotopic (exact) mass is 338 g/mol. The Kier molecular flexibility index (Phi) is 6.71. The van der Waals surface area contributed by atoms with Gasteiger partial charge in [-0.2, -0.15) is 5.10 Å². The molecule has 2 rings (SSSR count). The number of benzene rings is 2. The minimum atomic E-state index is -0.783. The van der Waals surface area contributed by atoms with Gasteiger partial charge in [0, 0.05) is 26.3 Å². The van der Waals surface area contributed by atoms with Crippen molar-refractivity contribution in [1.29, 1.82) is 0 Å². The van der Waals surface area contributed by atoms with Crippen molar-refractivity contribution in [3.63, 3.8) is 0 Å². The summed E-state index contributed by atoms with van der Waals surface area (Å²) in [5.74, 6) is -1.48. The Labute approximate surface area is 147 Å². The van der Waals surface area contributed by atoms with Gasteiger partial charge in [-0.05, 0) is 29.7 Å². The van der Waals surface area contributed by atoms with Gasteiger partial charge in [0.25, 0.3) is 0 Å². The lowest BCUT2D eigenvalue weighted by molar-refractivity contribution is -0.139. The second-order valence-electron chi connectivity index (χ2n) is 5.68. The Morgan fingerprint density at radius 1 is 1.00 bits per heavy atom. The third-order valence-corrected chi connectivity index (χ3v) is 3.54. The first kappa shape index (κ1) is 18.2. The molecule has 0 aliphatic carbocycles. The summed E-state index contributed by atoms with van der Waals surface area (Å²) in [5.41, 5.74) is 5.22. The molecule has 130 valence electrons. The van der Waals surface area contributed by atoms with Crippen LogP contribution in [0.5, 0.6) is 0 Å². The molecule has 25 heavy (non-hydrogen) atoms. The summed E-state index contributed by atoms with van der Waals surface area (Å²) in [5, 5.41) is 6.37. The molecular weight excluding hydrogens is 316 g/mol. The summed E-state index contributed by atoms with van der Waals surface area (Å²) in [6, 6.07) is 17.4. The molecule has 0 aliphatic heterocycles. The van der Waals surface area contributed by atoms with Gasteiger partial charge in [-0.3, -0.25) is 9.59 Å². The van der Waals surface area contributed by atoms with Gasteiger partial charge in [0.2, 0.25) is 0 Å². The van der Waals surface area contributed by atoms with Crippen molar-refractivity contribution in [2.45, 2.75) is 6.42 Å². The smallest absolute Gasteiger partial charge is 0.329 e. The predicted molar refractivity (Wildman–Crippen MR) is 99.7 cm³/mol. The van der Waals surface area contributed by atoms with E-state index in [1.807, 2.05) is 73.6 Å². The first-order chi connectivity index (χ1) is 12.1. The maximum absolute atomic E-state index is 11.7. The Balaban J connectivity index is 1.74. The van der Waals surface area contributed by atoms with Crippen molar-refractivity contribution in [3.05, 3.63) is 65.7 Å². The lowest BCUT2D eigenvalue weighted by Gasteiger charge is -2.11. The highest BCUT2D eigenvalue weighted by Crippen LogP contribution is 2.10. The number of hydrogen-bond acceptors (Lipinski definition) is 4. The lowest BCUT2D eigenvalue weighted by Crippen LogP contribution is -2.38. The van der Waals surface area contributed by atoms with Crippen LogP contribution in [0, 0.1) is 0 Å². The predicted octanol–water partition coefficient (Wildman–Crippen LogP) is 1.56. The molecule has 0 aromatic heterocycles. The Morgan fingerprint density at radius 2 is 1.68 bits per heavy atom. The van der Waals surface area contributed by atoms with Crippen LogP contribution in [0.15, 0.2) is 59.7 Å². The van der Waals surface area contributed by atoms with Crippen molar-refractivity contribution in [2.75, 3.05) is 25.5 Å². The third-order valence-electron chi connectivity index (χ3n) is 3.54. The maximum Gasteiger partial charge on any atom is 0.329 e. The zero-order valence-electron chi connectivity index (χ0n) is 14.4. The van der Waals surface area contributed by atoms with Crippen LogP contribution in [-0.2, 0) is 16.0 Å². The minimum Gasteiger partial charge on any atom is -0.378 e. The number of carbonyl (C=O) groups excluding carboxylic acids is 2. The van der Waals surface area contributed by atoms with Crippen molar-refractivity contribution in [2.24, 2.45) is 5.10 Å². The fourth-order valence-electron chi connectivity index (χ4n) is 2.12. The van der Waals surface area contributed by atoms with Crippen LogP contribution in [0.25, 0.3) is 0 Å². The van der Waals surface area contributed by atoms with Crippen molar-refractivity contribution < 1.29 is 9.59 Å². The summed E-state index contributed by atoms with van der Waals surface area (Å²) < 4.78 is 0. The topological polar surface area (TPSA) is 73.8 Å². The van der Waals surface area contributed by atoms with E-state index in [9.17, 15) is 9.59 Å². The van der Waals surface area contributed by atoms with Gasteiger partial charge in [0.1, 0.15) is 0 Å². The molecule has 2 N–H and O–H groups in total. The van der Waals surface area contributed by atoms with Crippen LogP contribution in [-0.4, -0.2) is 38.7 Å². The second kappa shape index (κ2) is 9.22. The van der Waals surface area contributed by atoms with E-state index in [1.54, 1.807) is 0 Å². The first-order valence-electron chi connectivity index (χ1n) is 7.99. The Morgan fingerprint density at radius 3 is 2.32 bits per heavy atom. The molecule has 0 radical (unpaired) electrons. The average molecular weight is 338 g/mol. The fraction of sp³-hybridized carbons (Fsp3) is 0.211. The van der Waals surface area contributed by atoms with Gasteiger partial charge < -0.3 is 10.2 Å². The molecular formula is C19H22N4O2. The van der Waals surface area contributed by atoms with Crippen molar-refractivity contribution in [1.82, 2.24) is 10.7 Å². The van der Waals surface area contributed by atoms with Gasteiger partial charge in [0.05, 0.1) is 6.21 Å². The molecule has 0 fully saturated rings. The molecule has 2 aromatic rings. The average Bonchev–Trinajstić information content (AvgIpc) is 2.63. The number of hydrogen-bond donors (Lipinski definition) is 2.